The van der Waals surface area contributed by atoms with E-state index >= 15 is 0 Å². The molecule has 5 heteroatoms. The maximum Gasteiger partial charge on any atom is 0.228 e. The highest BCUT2D eigenvalue weighted by atomic mass is 16.2. The van der Waals surface area contributed by atoms with Gasteiger partial charge in [-0.25, -0.2) is 0 Å². The summed E-state index contributed by atoms with van der Waals surface area (Å²) in [5.74, 6) is 0.155. The average Bonchev–Trinajstić information content (AvgIpc) is 3.24. The van der Waals surface area contributed by atoms with Crippen LogP contribution in [0.15, 0.2) is 18.2 Å². The van der Waals surface area contributed by atoms with Crippen LogP contribution in [0.4, 0.5) is 11.4 Å². The van der Waals surface area contributed by atoms with Gasteiger partial charge in [0.05, 0.1) is 0 Å². The number of nitrogens with one attached hydrogen (secondary N) is 3. The number of carbonyl (C=O) groups excluding carboxylic acids is 2. The summed E-state index contributed by atoms with van der Waals surface area (Å²) in [6.07, 6.45) is 3.19. The second-order valence-corrected chi connectivity index (χ2v) is 7.53. The lowest BCUT2D eigenvalue weighted by atomic mass is 9.91. The SMILES string of the molecule is Cc1ccc(NC(=O)C(C)C)cc1NC(=O)C1CC12CCNCC2. The molecular weight excluding hydrogens is 302 g/mol. The van der Waals surface area contributed by atoms with Crippen LogP contribution >= 0.6 is 0 Å². The molecule has 1 aliphatic heterocycles. The van der Waals surface area contributed by atoms with Crippen molar-refractivity contribution < 1.29 is 9.59 Å². The Labute approximate surface area is 143 Å². The number of benzene rings is 1. The number of piperidine rings is 1. The maximum absolute atomic E-state index is 12.6. The van der Waals surface area contributed by atoms with E-state index in [-0.39, 0.29) is 29.1 Å². The Bertz CT molecular complexity index is 648. The molecule has 1 aromatic rings. The first-order valence-electron chi connectivity index (χ1n) is 8.84. The minimum atomic E-state index is -0.0735. The van der Waals surface area contributed by atoms with Gasteiger partial charge in [0.15, 0.2) is 0 Å². The third-order valence-corrected chi connectivity index (χ3v) is 5.39. The molecule has 1 unspecified atom stereocenters. The Morgan fingerprint density at radius 3 is 2.58 bits per heavy atom. The predicted molar refractivity (Wildman–Crippen MR) is 95.9 cm³/mol. The minimum Gasteiger partial charge on any atom is -0.326 e. The van der Waals surface area contributed by atoms with Gasteiger partial charge in [-0.3, -0.25) is 9.59 Å². The van der Waals surface area contributed by atoms with E-state index in [0.29, 0.717) is 0 Å². The van der Waals surface area contributed by atoms with Crippen LogP contribution in [-0.2, 0) is 9.59 Å². The average molecular weight is 329 g/mol. The molecule has 1 spiro atoms. The molecule has 3 rings (SSSR count). The number of amides is 2. The highest BCUT2D eigenvalue weighted by Gasteiger charge is 2.57. The smallest absolute Gasteiger partial charge is 0.228 e. The van der Waals surface area contributed by atoms with Gasteiger partial charge in [-0.05, 0) is 62.4 Å². The summed E-state index contributed by atoms with van der Waals surface area (Å²) >= 11 is 0. The summed E-state index contributed by atoms with van der Waals surface area (Å²) in [5, 5.41) is 9.32. The van der Waals surface area contributed by atoms with Crippen molar-refractivity contribution >= 4 is 23.2 Å². The lowest BCUT2D eigenvalue weighted by molar-refractivity contribution is -0.119. The Balaban J connectivity index is 1.66. The van der Waals surface area contributed by atoms with Crippen molar-refractivity contribution in [3.63, 3.8) is 0 Å². The van der Waals surface area contributed by atoms with Gasteiger partial charge < -0.3 is 16.0 Å². The van der Waals surface area contributed by atoms with E-state index < -0.39 is 0 Å². The first kappa shape index (κ1) is 17.0. The molecule has 24 heavy (non-hydrogen) atoms. The van der Waals surface area contributed by atoms with Crippen LogP contribution in [0.2, 0.25) is 0 Å². The monoisotopic (exact) mass is 329 g/mol. The number of hydrogen-bond donors (Lipinski definition) is 3. The Hall–Kier alpha value is -1.88. The summed E-state index contributed by atoms with van der Waals surface area (Å²) in [7, 11) is 0. The van der Waals surface area contributed by atoms with E-state index in [2.05, 4.69) is 16.0 Å². The normalized spacial score (nSPS) is 21.6. The number of aryl methyl sites for hydroxylation is 1. The van der Waals surface area contributed by atoms with Crippen LogP contribution in [0.3, 0.4) is 0 Å². The van der Waals surface area contributed by atoms with Crippen LogP contribution in [0.25, 0.3) is 0 Å². The van der Waals surface area contributed by atoms with E-state index in [1.807, 2.05) is 39.0 Å². The first-order valence-corrected chi connectivity index (χ1v) is 8.84. The minimum absolute atomic E-state index is 0.0213. The van der Waals surface area contributed by atoms with E-state index in [1.165, 1.54) is 0 Å². The van der Waals surface area contributed by atoms with Gasteiger partial charge in [0.2, 0.25) is 11.8 Å². The molecule has 1 heterocycles. The van der Waals surface area contributed by atoms with Gasteiger partial charge >= 0.3 is 0 Å². The van der Waals surface area contributed by atoms with Crippen molar-refractivity contribution in [3.05, 3.63) is 23.8 Å². The van der Waals surface area contributed by atoms with E-state index in [1.54, 1.807) is 0 Å². The lowest BCUT2D eigenvalue weighted by Crippen LogP contribution is -2.31. The maximum atomic E-state index is 12.6. The van der Waals surface area contributed by atoms with Crippen molar-refractivity contribution in [2.45, 2.75) is 40.0 Å². The van der Waals surface area contributed by atoms with Crippen molar-refractivity contribution in [1.82, 2.24) is 5.32 Å². The van der Waals surface area contributed by atoms with Gasteiger partial charge in [-0.15, -0.1) is 0 Å². The standard InChI is InChI=1S/C19H27N3O2/c1-12(2)17(23)21-14-5-4-13(3)16(10-14)22-18(24)15-11-19(15)6-8-20-9-7-19/h4-5,10,12,15,20H,6-9,11H2,1-3H3,(H,21,23)(H,22,24). The second-order valence-electron chi connectivity index (χ2n) is 7.53. The quantitative estimate of drug-likeness (QED) is 0.795. The van der Waals surface area contributed by atoms with Gasteiger partial charge in [0.25, 0.3) is 0 Å². The molecule has 1 saturated carbocycles. The fourth-order valence-electron chi connectivity index (χ4n) is 3.54. The molecule has 0 aromatic heterocycles. The fraction of sp³-hybridized carbons (Fsp3) is 0.579. The van der Waals surface area contributed by atoms with Crippen LogP contribution < -0.4 is 16.0 Å². The summed E-state index contributed by atoms with van der Waals surface area (Å²) < 4.78 is 0. The lowest BCUT2D eigenvalue weighted by Gasteiger charge is -2.23. The van der Waals surface area contributed by atoms with Crippen molar-refractivity contribution in [2.24, 2.45) is 17.3 Å². The molecule has 2 aliphatic rings. The highest BCUT2D eigenvalue weighted by molar-refractivity contribution is 5.97. The largest absolute Gasteiger partial charge is 0.326 e. The predicted octanol–water partition coefficient (Wildman–Crippen LogP) is 2.92. The van der Waals surface area contributed by atoms with E-state index in [9.17, 15) is 9.59 Å². The molecular formula is C19H27N3O2. The molecule has 1 aromatic carbocycles. The molecule has 2 amide bonds. The molecule has 1 atom stereocenters. The molecule has 1 saturated heterocycles. The van der Waals surface area contributed by atoms with Gasteiger partial charge in [-0.2, -0.15) is 0 Å². The zero-order chi connectivity index (χ0) is 17.3. The molecule has 5 nitrogen and oxygen atoms in total. The molecule has 0 radical (unpaired) electrons. The van der Waals surface area contributed by atoms with Crippen LogP contribution in [0.5, 0.6) is 0 Å². The molecule has 2 fully saturated rings. The van der Waals surface area contributed by atoms with Crippen LogP contribution in [0, 0.1) is 24.2 Å². The van der Waals surface area contributed by atoms with Crippen molar-refractivity contribution in [3.8, 4) is 0 Å². The van der Waals surface area contributed by atoms with Crippen molar-refractivity contribution in [1.29, 1.82) is 0 Å². The fourth-order valence-corrected chi connectivity index (χ4v) is 3.54. The summed E-state index contributed by atoms with van der Waals surface area (Å²) in [6, 6.07) is 5.65. The Morgan fingerprint density at radius 2 is 1.92 bits per heavy atom. The molecule has 1 aliphatic carbocycles. The number of rotatable bonds is 4. The number of anilines is 2. The summed E-state index contributed by atoms with van der Waals surface area (Å²) in [5.41, 5.74) is 2.75. The van der Waals surface area contributed by atoms with E-state index in [4.69, 9.17) is 0 Å². The third-order valence-electron chi connectivity index (χ3n) is 5.39. The van der Waals surface area contributed by atoms with Crippen LogP contribution in [0.1, 0.15) is 38.7 Å². The zero-order valence-corrected chi connectivity index (χ0v) is 14.7. The van der Waals surface area contributed by atoms with E-state index in [0.717, 1.165) is 49.3 Å². The number of carbonyl (C=O) groups is 2. The third kappa shape index (κ3) is 3.46. The Morgan fingerprint density at radius 1 is 1.21 bits per heavy atom. The highest BCUT2D eigenvalue weighted by Crippen LogP contribution is 2.58. The summed E-state index contributed by atoms with van der Waals surface area (Å²) in [4.78, 5) is 24.5. The molecule has 0 bridgehead atoms. The van der Waals surface area contributed by atoms with Gasteiger partial charge in [0, 0.05) is 23.2 Å². The molecule has 130 valence electrons. The second kappa shape index (κ2) is 6.55. The first-order chi connectivity index (χ1) is 11.4. The molecule has 3 N–H and O–H groups in total. The topological polar surface area (TPSA) is 70.2 Å². The number of hydrogen-bond acceptors (Lipinski definition) is 3. The van der Waals surface area contributed by atoms with Gasteiger partial charge in [0.1, 0.15) is 0 Å². The Kier molecular flexibility index (Phi) is 4.63. The zero-order valence-electron chi connectivity index (χ0n) is 14.7. The van der Waals surface area contributed by atoms with Gasteiger partial charge in [-0.1, -0.05) is 19.9 Å². The summed E-state index contributed by atoms with van der Waals surface area (Å²) in [6.45, 7) is 7.71. The van der Waals surface area contributed by atoms with Crippen molar-refractivity contribution in [2.75, 3.05) is 23.7 Å². The van der Waals surface area contributed by atoms with Crippen LogP contribution in [-0.4, -0.2) is 24.9 Å².